The minimum Gasteiger partial charge on any atom is -0.378 e. The first-order chi connectivity index (χ1) is 10.3. The number of ether oxygens (including phenoxy) is 1. The summed E-state index contributed by atoms with van der Waals surface area (Å²) in [5.74, 6) is -0.204. The van der Waals surface area contributed by atoms with Crippen molar-refractivity contribution < 1.29 is 9.53 Å². The van der Waals surface area contributed by atoms with E-state index in [2.05, 4.69) is 6.07 Å². The van der Waals surface area contributed by atoms with Crippen LogP contribution in [0.25, 0.3) is 0 Å². The van der Waals surface area contributed by atoms with Gasteiger partial charge >= 0.3 is 0 Å². The molecule has 0 aromatic heterocycles. The lowest BCUT2D eigenvalue weighted by Gasteiger charge is -2.27. The molecule has 21 heavy (non-hydrogen) atoms. The Bertz CT molecular complexity index is 612. The molecule has 0 aliphatic carbocycles. The second-order valence-corrected chi connectivity index (χ2v) is 5.13. The number of para-hydroxylation sites is 1. The lowest BCUT2D eigenvalue weighted by atomic mass is 10.2. The molecule has 1 aromatic carbocycles. The number of nitriles is 1. The Morgan fingerprint density at radius 1 is 1.24 bits per heavy atom. The van der Waals surface area contributed by atoms with E-state index in [1.807, 2.05) is 29.2 Å². The van der Waals surface area contributed by atoms with Crippen molar-refractivity contribution in [1.29, 1.82) is 5.26 Å². The molecule has 5 nitrogen and oxygen atoms in total. The molecule has 0 bridgehead atoms. The van der Waals surface area contributed by atoms with E-state index in [0.29, 0.717) is 26.3 Å². The number of nitrogens with zero attached hydrogens (tertiary/aromatic N) is 3. The highest BCUT2D eigenvalue weighted by atomic mass is 16.5. The topological polar surface area (TPSA) is 56.6 Å². The molecule has 3 rings (SSSR count). The van der Waals surface area contributed by atoms with Gasteiger partial charge in [0.1, 0.15) is 11.6 Å². The number of rotatable bonds is 2. The zero-order valence-corrected chi connectivity index (χ0v) is 11.8. The number of carbonyl (C=O) groups excluding carboxylic acids is 1. The molecule has 0 N–H and O–H groups in total. The number of benzene rings is 1. The predicted molar refractivity (Wildman–Crippen MR) is 78.6 cm³/mol. The summed E-state index contributed by atoms with van der Waals surface area (Å²) >= 11 is 0. The van der Waals surface area contributed by atoms with Crippen molar-refractivity contribution in [1.82, 2.24) is 4.90 Å². The fraction of sp³-hybridized carbons (Fsp3) is 0.375. The zero-order valence-electron chi connectivity index (χ0n) is 11.8. The highest BCUT2D eigenvalue weighted by molar-refractivity contribution is 5.97. The third-order valence-electron chi connectivity index (χ3n) is 3.86. The Balaban J connectivity index is 1.80. The Morgan fingerprint density at radius 2 is 2.00 bits per heavy atom. The van der Waals surface area contributed by atoms with Crippen LogP contribution in [0.15, 0.2) is 36.0 Å². The van der Waals surface area contributed by atoms with Gasteiger partial charge in [-0.15, -0.1) is 0 Å². The quantitative estimate of drug-likeness (QED) is 0.606. The zero-order chi connectivity index (χ0) is 14.7. The van der Waals surface area contributed by atoms with E-state index in [0.717, 1.165) is 18.7 Å². The first-order valence-corrected chi connectivity index (χ1v) is 7.13. The van der Waals surface area contributed by atoms with Gasteiger partial charge in [0, 0.05) is 31.5 Å². The molecule has 1 saturated heterocycles. The van der Waals surface area contributed by atoms with Crippen molar-refractivity contribution in [3.63, 3.8) is 0 Å². The van der Waals surface area contributed by atoms with Gasteiger partial charge in [-0.05, 0) is 18.1 Å². The molecule has 2 aliphatic rings. The van der Waals surface area contributed by atoms with Crippen LogP contribution in [0.1, 0.15) is 5.56 Å². The van der Waals surface area contributed by atoms with Crippen LogP contribution < -0.4 is 4.90 Å². The summed E-state index contributed by atoms with van der Waals surface area (Å²) in [5.41, 5.74) is 2.53. The van der Waals surface area contributed by atoms with E-state index in [4.69, 9.17) is 4.74 Å². The van der Waals surface area contributed by atoms with Gasteiger partial charge in [0.25, 0.3) is 5.91 Å². The van der Waals surface area contributed by atoms with Gasteiger partial charge in [-0.2, -0.15) is 5.26 Å². The highest BCUT2D eigenvalue weighted by Gasteiger charge is 2.23. The van der Waals surface area contributed by atoms with E-state index < -0.39 is 0 Å². The van der Waals surface area contributed by atoms with Crippen LogP contribution in [0.5, 0.6) is 0 Å². The van der Waals surface area contributed by atoms with Crippen molar-refractivity contribution in [3.05, 3.63) is 41.6 Å². The van der Waals surface area contributed by atoms with E-state index in [1.165, 1.54) is 5.56 Å². The van der Waals surface area contributed by atoms with Crippen LogP contribution in [0, 0.1) is 11.3 Å². The maximum absolute atomic E-state index is 12.4. The van der Waals surface area contributed by atoms with Crippen LogP contribution in [-0.2, 0) is 16.0 Å². The summed E-state index contributed by atoms with van der Waals surface area (Å²) in [6.07, 6.45) is 2.63. The van der Waals surface area contributed by atoms with Crippen LogP contribution in [-0.4, -0.2) is 43.7 Å². The first kappa shape index (κ1) is 13.7. The number of morpholine rings is 1. The van der Waals surface area contributed by atoms with Gasteiger partial charge in [0.15, 0.2) is 0 Å². The second kappa shape index (κ2) is 5.98. The average molecular weight is 283 g/mol. The lowest BCUT2D eigenvalue weighted by Crippen LogP contribution is -2.41. The first-order valence-electron chi connectivity index (χ1n) is 7.13. The minimum absolute atomic E-state index is 0.189. The minimum atomic E-state index is -0.204. The summed E-state index contributed by atoms with van der Waals surface area (Å²) in [6.45, 7) is 2.98. The maximum atomic E-state index is 12.4. The molecule has 2 aliphatic heterocycles. The number of carbonyl (C=O) groups is 1. The Kier molecular flexibility index (Phi) is 3.89. The van der Waals surface area contributed by atoms with Gasteiger partial charge in [-0.25, -0.2) is 0 Å². The molecular formula is C16H17N3O2. The maximum Gasteiger partial charge on any atom is 0.266 e. The fourth-order valence-electron chi connectivity index (χ4n) is 2.72. The molecule has 5 heteroatoms. The Labute approximate surface area is 124 Å². The number of fused-ring (bicyclic) bond motifs is 1. The molecule has 0 atom stereocenters. The molecule has 0 spiro atoms. The Hall–Kier alpha value is -2.32. The fourth-order valence-corrected chi connectivity index (χ4v) is 2.72. The molecule has 1 amide bonds. The van der Waals surface area contributed by atoms with E-state index in [9.17, 15) is 10.1 Å². The van der Waals surface area contributed by atoms with Gasteiger partial charge < -0.3 is 14.5 Å². The third kappa shape index (κ3) is 2.76. The summed E-state index contributed by atoms with van der Waals surface area (Å²) in [5, 5.41) is 9.31. The average Bonchev–Trinajstić information content (AvgIpc) is 2.96. The monoisotopic (exact) mass is 283 g/mol. The van der Waals surface area contributed by atoms with Crippen LogP contribution in [0.3, 0.4) is 0 Å². The normalized spacial score (nSPS) is 18.3. The summed E-state index contributed by atoms with van der Waals surface area (Å²) in [7, 11) is 0. The number of anilines is 1. The largest absolute Gasteiger partial charge is 0.378 e. The Morgan fingerprint density at radius 3 is 2.76 bits per heavy atom. The summed E-state index contributed by atoms with van der Waals surface area (Å²) in [6, 6.07) is 10.1. The van der Waals surface area contributed by atoms with Crippen LogP contribution >= 0.6 is 0 Å². The summed E-state index contributed by atoms with van der Waals surface area (Å²) in [4.78, 5) is 16.1. The van der Waals surface area contributed by atoms with E-state index in [1.54, 1.807) is 11.1 Å². The lowest BCUT2D eigenvalue weighted by molar-refractivity contribution is -0.130. The van der Waals surface area contributed by atoms with Crippen LogP contribution in [0.2, 0.25) is 0 Å². The third-order valence-corrected chi connectivity index (χ3v) is 3.86. The molecule has 108 valence electrons. The van der Waals surface area contributed by atoms with E-state index in [-0.39, 0.29) is 11.5 Å². The van der Waals surface area contributed by atoms with Gasteiger partial charge in [0.2, 0.25) is 0 Å². The SMILES string of the molecule is N#C/C(=C/N1CCc2ccccc21)C(=O)N1CCOCC1. The van der Waals surface area contributed by atoms with E-state index >= 15 is 0 Å². The van der Waals surface area contributed by atoms with Gasteiger partial charge in [-0.3, -0.25) is 4.79 Å². The summed E-state index contributed by atoms with van der Waals surface area (Å²) < 4.78 is 5.24. The smallest absolute Gasteiger partial charge is 0.266 e. The number of hydrogen-bond donors (Lipinski definition) is 0. The molecule has 0 radical (unpaired) electrons. The van der Waals surface area contributed by atoms with Crippen molar-refractivity contribution in [2.45, 2.75) is 6.42 Å². The standard InChI is InChI=1S/C16H17N3O2/c17-11-14(16(20)18-7-9-21-10-8-18)12-19-6-5-13-3-1-2-4-15(13)19/h1-4,12H,5-10H2/b14-12-. The van der Waals surface area contributed by atoms with Crippen molar-refractivity contribution in [3.8, 4) is 6.07 Å². The van der Waals surface area contributed by atoms with Crippen molar-refractivity contribution >= 4 is 11.6 Å². The molecular weight excluding hydrogens is 266 g/mol. The van der Waals surface area contributed by atoms with Crippen molar-refractivity contribution in [2.75, 3.05) is 37.7 Å². The highest BCUT2D eigenvalue weighted by Crippen LogP contribution is 2.28. The molecule has 2 heterocycles. The van der Waals surface area contributed by atoms with Gasteiger partial charge in [0.05, 0.1) is 13.2 Å². The molecule has 1 fully saturated rings. The molecule has 0 saturated carbocycles. The van der Waals surface area contributed by atoms with Crippen molar-refractivity contribution in [2.24, 2.45) is 0 Å². The van der Waals surface area contributed by atoms with Gasteiger partial charge in [-0.1, -0.05) is 18.2 Å². The number of hydrogen-bond acceptors (Lipinski definition) is 4. The number of amides is 1. The van der Waals surface area contributed by atoms with Crippen LogP contribution in [0.4, 0.5) is 5.69 Å². The second-order valence-electron chi connectivity index (χ2n) is 5.13. The molecule has 0 unspecified atom stereocenters. The molecule has 1 aromatic rings. The predicted octanol–water partition coefficient (Wildman–Crippen LogP) is 1.32.